The first-order chi connectivity index (χ1) is 9.75. The second-order valence-electron chi connectivity index (χ2n) is 4.87. The zero-order valence-corrected chi connectivity index (χ0v) is 11.8. The lowest BCUT2D eigenvalue weighted by Crippen LogP contribution is -2.51. The number of ether oxygens (including phenoxy) is 1. The number of pyridine rings is 1. The van der Waals surface area contributed by atoms with Crippen LogP contribution in [0.2, 0.25) is 0 Å². The molecule has 0 spiro atoms. The smallest absolute Gasteiger partial charge is 0.239 e. The Hall–Kier alpha value is -1.66. The molecule has 1 atom stereocenters. The number of nitrogens with one attached hydrogen (secondary N) is 3. The average Bonchev–Trinajstić information content (AvgIpc) is 2.49. The molecule has 0 radical (unpaired) electrons. The molecule has 2 rings (SSSR count). The molecule has 0 aliphatic carbocycles. The van der Waals surface area contributed by atoms with Crippen LogP contribution >= 0.6 is 0 Å². The third kappa shape index (κ3) is 4.79. The topological polar surface area (TPSA) is 75.3 Å². The Morgan fingerprint density at radius 3 is 3.10 bits per heavy atom. The highest BCUT2D eigenvalue weighted by molar-refractivity contribution is 5.81. The number of morpholine rings is 1. The van der Waals surface area contributed by atoms with E-state index in [-0.39, 0.29) is 11.9 Å². The van der Waals surface area contributed by atoms with E-state index in [9.17, 15) is 4.79 Å². The first kappa shape index (κ1) is 14.7. The molecule has 0 bridgehead atoms. The van der Waals surface area contributed by atoms with Crippen molar-refractivity contribution in [3.63, 3.8) is 0 Å². The number of rotatable bonds is 6. The fourth-order valence-corrected chi connectivity index (χ4v) is 1.95. The Morgan fingerprint density at radius 1 is 1.50 bits per heavy atom. The summed E-state index contributed by atoms with van der Waals surface area (Å²) in [6.45, 7) is 5.31. The maximum atomic E-state index is 11.8. The van der Waals surface area contributed by atoms with Crippen LogP contribution in [-0.4, -0.2) is 49.8 Å². The molecule has 3 N–H and O–H groups in total. The van der Waals surface area contributed by atoms with Crippen LogP contribution in [0.1, 0.15) is 12.0 Å². The number of carbonyl (C=O) groups is 1. The Kier molecular flexibility index (Phi) is 5.76. The largest absolute Gasteiger partial charge is 0.378 e. The summed E-state index contributed by atoms with van der Waals surface area (Å²) in [6, 6.07) is 3.76. The first-order valence-corrected chi connectivity index (χ1v) is 7.01. The fourth-order valence-electron chi connectivity index (χ4n) is 1.95. The van der Waals surface area contributed by atoms with Crippen LogP contribution in [0.15, 0.2) is 18.3 Å². The van der Waals surface area contributed by atoms with E-state index in [2.05, 4.69) is 20.9 Å². The molecule has 0 aromatic carbocycles. The predicted octanol–water partition coefficient (Wildman–Crippen LogP) is 0.297. The van der Waals surface area contributed by atoms with Gasteiger partial charge in [-0.05, 0) is 25.0 Å². The van der Waals surface area contributed by atoms with Crippen molar-refractivity contribution in [1.29, 1.82) is 0 Å². The van der Waals surface area contributed by atoms with Crippen molar-refractivity contribution in [2.75, 3.05) is 38.2 Å². The highest BCUT2D eigenvalue weighted by atomic mass is 16.5. The van der Waals surface area contributed by atoms with Crippen LogP contribution in [0.25, 0.3) is 0 Å². The van der Waals surface area contributed by atoms with Crippen molar-refractivity contribution in [3.8, 4) is 0 Å². The number of aryl methyl sites for hydroxylation is 1. The number of amides is 1. The van der Waals surface area contributed by atoms with Crippen LogP contribution in [0.3, 0.4) is 0 Å². The summed E-state index contributed by atoms with van der Waals surface area (Å²) in [5.74, 6) is 0.877. The number of hydrogen-bond acceptors (Lipinski definition) is 5. The molecule has 1 aromatic heterocycles. The Balaban J connectivity index is 1.57. The van der Waals surface area contributed by atoms with Crippen molar-refractivity contribution in [2.24, 2.45) is 0 Å². The van der Waals surface area contributed by atoms with E-state index in [0.29, 0.717) is 19.8 Å². The highest BCUT2D eigenvalue weighted by Gasteiger charge is 2.20. The van der Waals surface area contributed by atoms with Crippen LogP contribution in [-0.2, 0) is 9.53 Å². The molecule has 1 fully saturated rings. The minimum Gasteiger partial charge on any atom is -0.378 e. The van der Waals surface area contributed by atoms with Gasteiger partial charge in [-0.3, -0.25) is 4.79 Å². The third-order valence-corrected chi connectivity index (χ3v) is 3.11. The van der Waals surface area contributed by atoms with Gasteiger partial charge in [0.1, 0.15) is 11.9 Å². The molecule has 20 heavy (non-hydrogen) atoms. The summed E-state index contributed by atoms with van der Waals surface area (Å²) in [7, 11) is 0. The van der Waals surface area contributed by atoms with Crippen LogP contribution < -0.4 is 16.0 Å². The molecule has 0 saturated carbocycles. The minimum absolute atomic E-state index is 0.0122. The lowest BCUT2D eigenvalue weighted by atomic mass is 10.2. The molecule has 1 aliphatic heterocycles. The van der Waals surface area contributed by atoms with E-state index >= 15 is 0 Å². The minimum atomic E-state index is -0.213. The van der Waals surface area contributed by atoms with Gasteiger partial charge in [-0.1, -0.05) is 6.07 Å². The van der Waals surface area contributed by atoms with Gasteiger partial charge in [-0.2, -0.15) is 0 Å². The quantitative estimate of drug-likeness (QED) is 0.652. The van der Waals surface area contributed by atoms with Gasteiger partial charge in [0.05, 0.1) is 13.2 Å². The molecule has 6 heteroatoms. The number of anilines is 1. The number of nitrogens with zero attached hydrogens (tertiary/aromatic N) is 1. The van der Waals surface area contributed by atoms with Crippen LogP contribution in [0, 0.1) is 6.92 Å². The lowest BCUT2D eigenvalue weighted by Gasteiger charge is -2.22. The zero-order chi connectivity index (χ0) is 14.2. The summed E-state index contributed by atoms with van der Waals surface area (Å²) in [6.07, 6.45) is 2.69. The van der Waals surface area contributed by atoms with Crippen molar-refractivity contribution in [1.82, 2.24) is 15.6 Å². The molecule has 1 saturated heterocycles. The first-order valence-electron chi connectivity index (χ1n) is 7.01. The van der Waals surface area contributed by atoms with E-state index in [1.807, 2.05) is 25.3 Å². The van der Waals surface area contributed by atoms with E-state index < -0.39 is 0 Å². The Bertz CT molecular complexity index is 416. The van der Waals surface area contributed by atoms with Gasteiger partial charge in [-0.15, -0.1) is 0 Å². The maximum Gasteiger partial charge on any atom is 0.239 e. The predicted molar refractivity (Wildman–Crippen MR) is 77.7 cm³/mol. The SMILES string of the molecule is Cc1ccc(NCCCNC(=O)C2COCCN2)nc1. The van der Waals surface area contributed by atoms with E-state index in [0.717, 1.165) is 30.9 Å². The monoisotopic (exact) mass is 278 g/mol. The Labute approximate surface area is 119 Å². The average molecular weight is 278 g/mol. The van der Waals surface area contributed by atoms with Gasteiger partial charge in [0.15, 0.2) is 0 Å². The summed E-state index contributed by atoms with van der Waals surface area (Å²) in [5.41, 5.74) is 1.14. The van der Waals surface area contributed by atoms with Gasteiger partial charge in [0.25, 0.3) is 0 Å². The van der Waals surface area contributed by atoms with Crippen molar-refractivity contribution in [2.45, 2.75) is 19.4 Å². The molecule has 2 heterocycles. The van der Waals surface area contributed by atoms with Crippen LogP contribution in [0.4, 0.5) is 5.82 Å². The van der Waals surface area contributed by atoms with Crippen molar-refractivity contribution < 1.29 is 9.53 Å². The molecule has 6 nitrogen and oxygen atoms in total. The molecule has 1 unspecified atom stereocenters. The molecule has 110 valence electrons. The summed E-state index contributed by atoms with van der Waals surface area (Å²) < 4.78 is 5.25. The second-order valence-corrected chi connectivity index (χ2v) is 4.87. The highest BCUT2D eigenvalue weighted by Crippen LogP contribution is 2.03. The Morgan fingerprint density at radius 2 is 2.40 bits per heavy atom. The van der Waals surface area contributed by atoms with Gasteiger partial charge >= 0.3 is 0 Å². The number of aromatic nitrogens is 1. The maximum absolute atomic E-state index is 11.8. The standard InChI is InChI=1S/C14H22N4O2/c1-11-3-4-13(18-9-11)16-5-2-6-17-14(19)12-10-20-8-7-15-12/h3-4,9,12,15H,2,5-8,10H2,1H3,(H,16,18)(H,17,19). The molecule has 1 aromatic rings. The van der Waals surface area contributed by atoms with Gasteiger partial charge < -0.3 is 20.7 Å². The van der Waals surface area contributed by atoms with Crippen molar-refractivity contribution in [3.05, 3.63) is 23.9 Å². The van der Waals surface area contributed by atoms with Gasteiger partial charge in [0.2, 0.25) is 5.91 Å². The molecular weight excluding hydrogens is 256 g/mol. The fraction of sp³-hybridized carbons (Fsp3) is 0.571. The number of hydrogen-bond donors (Lipinski definition) is 3. The molecule has 1 aliphatic rings. The van der Waals surface area contributed by atoms with E-state index in [4.69, 9.17) is 4.74 Å². The van der Waals surface area contributed by atoms with E-state index in [1.165, 1.54) is 0 Å². The number of carbonyl (C=O) groups excluding carboxylic acids is 1. The summed E-state index contributed by atoms with van der Waals surface area (Å²) in [5, 5.41) is 9.26. The lowest BCUT2D eigenvalue weighted by molar-refractivity contribution is -0.125. The molecule has 1 amide bonds. The van der Waals surface area contributed by atoms with E-state index in [1.54, 1.807) is 0 Å². The van der Waals surface area contributed by atoms with Crippen molar-refractivity contribution >= 4 is 11.7 Å². The zero-order valence-electron chi connectivity index (χ0n) is 11.8. The normalized spacial score (nSPS) is 18.6. The molecular formula is C14H22N4O2. The second kappa shape index (κ2) is 7.81. The van der Waals surface area contributed by atoms with Gasteiger partial charge in [-0.25, -0.2) is 4.98 Å². The van der Waals surface area contributed by atoms with Gasteiger partial charge in [0, 0.05) is 25.8 Å². The summed E-state index contributed by atoms with van der Waals surface area (Å²) in [4.78, 5) is 16.0. The third-order valence-electron chi connectivity index (χ3n) is 3.11. The summed E-state index contributed by atoms with van der Waals surface area (Å²) >= 11 is 0. The van der Waals surface area contributed by atoms with Crippen LogP contribution in [0.5, 0.6) is 0 Å².